The molecule has 0 fully saturated rings. The van der Waals surface area contributed by atoms with Crippen LogP contribution in [-0.2, 0) is 6.42 Å². The molecule has 2 aromatic rings. The average molecular weight is 235 g/mol. The quantitative estimate of drug-likeness (QED) is 0.884. The third kappa shape index (κ3) is 2.62. The first kappa shape index (κ1) is 11.6. The number of rotatable bonds is 3. The van der Waals surface area contributed by atoms with Gasteiger partial charge in [0.15, 0.2) is 0 Å². The van der Waals surface area contributed by atoms with Gasteiger partial charge in [-0.2, -0.15) is 0 Å². The first-order valence-corrected chi connectivity index (χ1v) is 5.18. The van der Waals surface area contributed by atoms with Crippen LogP contribution < -0.4 is 5.73 Å². The normalized spacial score (nSPS) is 10.5. The van der Waals surface area contributed by atoms with Crippen LogP contribution in [0.3, 0.4) is 0 Å². The SMILES string of the molecule is NCCc1nccc(-c2cc(F)ccc2F)n1. The lowest BCUT2D eigenvalue weighted by atomic mass is 10.1. The number of aromatic nitrogens is 2. The summed E-state index contributed by atoms with van der Waals surface area (Å²) in [6.07, 6.45) is 2.02. The van der Waals surface area contributed by atoms with E-state index in [1.807, 2.05) is 0 Å². The summed E-state index contributed by atoms with van der Waals surface area (Å²) in [5.41, 5.74) is 5.88. The highest BCUT2D eigenvalue weighted by Gasteiger charge is 2.08. The van der Waals surface area contributed by atoms with Gasteiger partial charge in [-0.25, -0.2) is 18.7 Å². The summed E-state index contributed by atoms with van der Waals surface area (Å²) in [6.45, 7) is 0.412. The summed E-state index contributed by atoms with van der Waals surface area (Å²) in [7, 11) is 0. The molecule has 2 rings (SSSR count). The Morgan fingerprint density at radius 3 is 2.76 bits per heavy atom. The van der Waals surface area contributed by atoms with Crippen LogP contribution in [0.15, 0.2) is 30.5 Å². The molecule has 1 heterocycles. The molecule has 0 aliphatic rings. The van der Waals surface area contributed by atoms with Crippen molar-refractivity contribution in [2.45, 2.75) is 6.42 Å². The molecule has 0 atom stereocenters. The van der Waals surface area contributed by atoms with Crippen molar-refractivity contribution >= 4 is 0 Å². The second kappa shape index (κ2) is 4.97. The van der Waals surface area contributed by atoms with Gasteiger partial charge in [0.05, 0.1) is 5.69 Å². The molecule has 1 aromatic heterocycles. The topological polar surface area (TPSA) is 51.8 Å². The van der Waals surface area contributed by atoms with Crippen molar-refractivity contribution in [3.63, 3.8) is 0 Å². The Morgan fingerprint density at radius 1 is 1.18 bits per heavy atom. The Labute approximate surface area is 97.3 Å². The van der Waals surface area contributed by atoms with Crippen molar-refractivity contribution in [1.29, 1.82) is 0 Å². The Kier molecular flexibility index (Phi) is 3.39. The summed E-state index contributed by atoms with van der Waals surface area (Å²) in [4.78, 5) is 8.14. The predicted molar refractivity (Wildman–Crippen MR) is 60.1 cm³/mol. The minimum atomic E-state index is -0.510. The van der Waals surface area contributed by atoms with Crippen LogP contribution in [0, 0.1) is 11.6 Å². The Morgan fingerprint density at radius 2 is 2.00 bits per heavy atom. The Balaban J connectivity index is 2.45. The molecule has 2 N–H and O–H groups in total. The zero-order chi connectivity index (χ0) is 12.3. The minimum Gasteiger partial charge on any atom is -0.330 e. The monoisotopic (exact) mass is 235 g/mol. The second-order valence-corrected chi connectivity index (χ2v) is 3.52. The number of halogens is 2. The number of benzene rings is 1. The highest BCUT2D eigenvalue weighted by molar-refractivity contribution is 5.59. The molecule has 0 aliphatic carbocycles. The van der Waals surface area contributed by atoms with Crippen LogP contribution in [-0.4, -0.2) is 16.5 Å². The first-order chi connectivity index (χ1) is 8.20. The molecule has 0 saturated carbocycles. The van der Waals surface area contributed by atoms with Gasteiger partial charge >= 0.3 is 0 Å². The van der Waals surface area contributed by atoms with Crippen LogP contribution in [0.2, 0.25) is 0 Å². The van der Waals surface area contributed by atoms with Crippen molar-refractivity contribution in [3.05, 3.63) is 47.9 Å². The van der Waals surface area contributed by atoms with Crippen molar-refractivity contribution in [2.24, 2.45) is 5.73 Å². The lowest BCUT2D eigenvalue weighted by Gasteiger charge is -2.04. The molecule has 0 bridgehead atoms. The molecule has 0 unspecified atom stereocenters. The van der Waals surface area contributed by atoms with Gasteiger partial charge in [0, 0.05) is 18.2 Å². The van der Waals surface area contributed by atoms with Crippen LogP contribution in [0.5, 0.6) is 0 Å². The standard InChI is InChI=1S/C12H11F2N3/c13-8-1-2-10(14)9(7-8)11-4-6-16-12(17-11)3-5-15/h1-2,4,6-7H,3,5,15H2. The van der Waals surface area contributed by atoms with E-state index in [4.69, 9.17) is 5.73 Å². The average Bonchev–Trinajstić information content (AvgIpc) is 2.33. The molecular weight excluding hydrogens is 224 g/mol. The maximum Gasteiger partial charge on any atom is 0.132 e. The zero-order valence-corrected chi connectivity index (χ0v) is 9.03. The fourth-order valence-corrected chi connectivity index (χ4v) is 1.49. The van der Waals surface area contributed by atoms with Gasteiger partial charge < -0.3 is 5.73 Å². The Hall–Kier alpha value is -1.88. The van der Waals surface area contributed by atoms with Gasteiger partial charge in [-0.15, -0.1) is 0 Å². The van der Waals surface area contributed by atoms with Gasteiger partial charge in [-0.05, 0) is 30.8 Å². The lowest BCUT2D eigenvalue weighted by Crippen LogP contribution is -2.06. The summed E-state index contributed by atoms with van der Waals surface area (Å²) < 4.78 is 26.6. The molecule has 0 saturated heterocycles. The van der Waals surface area contributed by atoms with Gasteiger partial charge in [0.1, 0.15) is 17.5 Å². The van der Waals surface area contributed by atoms with Crippen LogP contribution in [0.4, 0.5) is 8.78 Å². The van der Waals surface area contributed by atoms with Gasteiger partial charge in [-0.1, -0.05) is 0 Å². The van der Waals surface area contributed by atoms with Gasteiger partial charge in [0.2, 0.25) is 0 Å². The second-order valence-electron chi connectivity index (χ2n) is 3.52. The van der Waals surface area contributed by atoms with E-state index in [1.165, 1.54) is 12.3 Å². The van der Waals surface area contributed by atoms with Crippen molar-refractivity contribution < 1.29 is 8.78 Å². The van der Waals surface area contributed by atoms with Gasteiger partial charge in [0.25, 0.3) is 0 Å². The lowest BCUT2D eigenvalue weighted by molar-refractivity contribution is 0.602. The predicted octanol–water partition coefficient (Wildman–Crippen LogP) is 1.92. The molecular formula is C12H11F2N3. The molecule has 17 heavy (non-hydrogen) atoms. The molecule has 1 aromatic carbocycles. The van der Waals surface area contributed by atoms with E-state index in [1.54, 1.807) is 0 Å². The van der Waals surface area contributed by atoms with Crippen molar-refractivity contribution in [3.8, 4) is 11.3 Å². The maximum absolute atomic E-state index is 13.5. The number of nitrogens with zero attached hydrogens (tertiary/aromatic N) is 2. The van der Waals surface area contributed by atoms with E-state index in [-0.39, 0.29) is 5.56 Å². The molecule has 0 radical (unpaired) electrons. The van der Waals surface area contributed by atoms with E-state index in [0.717, 1.165) is 18.2 Å². The third-order valence-corrected chi connectivity index (χ3v) is 2.28. The number of hydrogen-bond donors (Lipinski definition) is 1. The largest absolute Gasteiger partial charge is 0.330 e. The smallest absolute Gasteiger partial charge is 0.132 e. The van der Waals surface area contributed by atoms with E-state index < -0.39 is 11.6 Å². The first-order valence-electron chi connectivity index (χ1n) is 5.18. The molecule has 3 nitrogen and oxygen atoms in total. The van der Waals surface area contributed by atoms with Crippen molar-refractivity contribution in [2.75, 3.05) is 6.54 Å². The van der Waals surface area contributed by atoms with Crippen LogP contribution >= 0.6 is 0 Å². The summed E-state index contributed by atoms with van der Waals surface area (Å²) in [6, 6.07) is 4.80. The molecule has 88 valence electrons. The summed E-state index contributed by atoms with van der Waals surface area (Å²) >= 11 is 0. The maximum atomic E-state index is 13.5. The number of hydrogen-bond acceptors (Lipinski definition) is 3. The van der Waals surface area contributed by atoms with E-state index >= 15 is 0 Å². The molecule has 0 amide bonds. The van der Waals surface area contributed by atoms with Gasteiger partial charge in [-0.3, -0.25) is 0 Å². The highest BCUT2D eigenvalue weighted by Crippen LogP contribution is 2.21. The van der Waals surface area contributed by atoms with E-state index in [2.05, 4.69) is 9.97 Å². The molecule has 5 heteroatoms. The number of nitrogens with two attached hydrogens (primary N) is 1. The third-order valence-electron chi connectivity index (χ3n) is 2.28. The van der Waals surface area contributed by atoms with E-state index in [0.29, 0.717) is 24.5 Å². The van der Waals surface area contributed by atoms with Crippen LogP contribution in [0.25, 0.3) is 11.3 Å². The van der Waals surface area contributed by atoms with Crippen molar-refractivity contribution in [1.82, 2.24) is 9.97 Å². The van der Waals surface area contributed by atoms with Crippen LogP contribution in [0.1, 0.15) is 5.82 Å². The highest BCUT2D eigenvalue weighted by atomic mass is 19.1. The fourth-order valence-electron chi connectivity index (χ4n) is 1.49. The fraction of sp³-hybridized carbons (Fsp3) is 0.167. The molecule has 0 aliphatic heterocycles. The molecule has 0 spiro atoms. The Bertz CT molecular complexity index is 529. The summed E-state index contributed by atoms with van der Waals surface area (Å²) in [5.74, 6) is -0.488. The zero-order valence-electron chi connectivity index (χ0n) is 9.03. The van der Waals surface area contributed by atoms with E-state index in [9.17, 15) is 8.78 Å². The minimum absolute atomic E-state index is 0.130. The summed E-state index contributed by atoms with van der Waals surface area (Å²) in [5, 5.41) is 0.